The van der Waals surface area contributed by atoms with Crippen LogP contribution >= 0.6 is 0 Å². The minimum Gasteiger partial charge on any atom is -0.481 e. The Morgan fingerprint density at radius 2 is 1.60 bits per heavy atom. The monoisotopic (exact) mass is 272 g/mol. The molecule has 0 aromatic heterocycles. The van der Waals surface area contributed by atoms with E-state index in [0.717, 1.165) is 0 Å². The molecule has 1 aromatic rings. The van der Waals surface area contributed by atoms with Crippen molar-refractivity contribution in [3.05, 3.63) is 46.5 Å². The molecule has 0 saturated heterocycles. The lowest BCUT2D eigenvalue weighted by atomic mass is 9.71. The van der Waals surface area contributed by atoms with Crippen LogP contribution in [0.2, 0.25) is 0 Å². The summed E-state index contributed by atoms with van der Waals surface area (Å²) in [6.07, 6.45) is -0.194. The van der Waals surface area contributed by atoms with Crippen molar-refractivity contribution in [2.75, 3.05) is 0 Å². The number of carboxylic acid groups (broad SMARTS) is 1. The first-order valence-corrected chi connectivity index (χ1v) is 6.37. The fourth-order valence-corrected chi connectivity index (χ4v) is 2.78. The van der Waals surface area contributed by atoms with E-state index in [1.165, 1.54) is 0 Å². The first kappa shape index (κ1) is 14.2. The predicted molar refractivity (Wildman–Crippen MR) is 73.8 cm³/mol. The Bertz CT molecular complexity index is 650. The highest BCUT2D eigenvalue weighted by Crippen LogP contribution is 2.39. The number of fused-ring (bicyclic) bond motifs is 1. The molecule has 4 heteroatoms. The lowest BCUT2D eigenvalue weighted by molar-refractivity contribution is -0.138. The highest BCUT2D eigenvalue weighted by Gasteiger charge is 2.39. The summed E-state index contributed by atoms with van der Waals surface area (Å²) in [5.41, 5.74) is 0.529. The average Bonchev–Trinajstić information content (AvgIpc) is 2.34. The van der Waals surface area contributed by atoms with E-state index in [-0.39, 0.29) is 18.0 Å². The lowest BCUT2D eigenvalue weighted by Crippen LogP contribution is -2.31. The van der Waals surface area contributed by atoms with Gasteiger partial charge in [-0.2, -0.15) is 0 Å². The number of rotatable bonds is 3. The molecular formula is C16H16O4. The smallest absolute Gasteiger partial charge is 0.304 e. The van der Waals surface area contributed by atoms with Gasteiger partial charge in [-0.1, -0.05) is 38.1 Å². The molecule has 2 rings (SSSR count). The van der Waals surface area contributed by atoms with Crippen LogP contribution in [0.25, 0.3) is 0 Å². The van der Waals surface area contributed by atoms with Gasteiger partial charge in [0.05, 0.1) is 6.42 Å². The van der Waals surface area contributed by atoms with E-state index in [1.54, 1.807) is 45.0 Å². The zero-order valence-electron chi connectivity index (χ0n) is 11.7. The van der Waals surface area contributed by atoms with Gasteiger partial charge in [0.2, 0.25) is 0 Å². The van der Waals surface area contributed by atoms with Crippen LogP contribution in [-0.2, 0) is 4.79 Å². The van der Waals surface area contributed by atoms with Crippen LogP contribution in [0, 0.1) is 5.41 Å². The second-order valence-electron chi connectivity index (χ2n) is 5.66. The zero-order chi connectivity index (χ0) is 15.1. The fraction of sp³-hybridized carbons (Fsp3) is 0.312. The molecule has 0 atom stereocenters. The molecular weight excluding hydrogens is 256 g/mol. The molecule has 1 N–H and O–H groups in total. The van der Waals surface area contributed by atoms with Crippen molar-refractivity contribution in [1.29, 1.82) is 0 Å². The van der Waals surface area contributed by atoms with Gasteiger partial charge in [-0.3, -0.25) is 14.4 Å². The lowest BCUT2D eigenvalue weighted by Gasteiger charge is -2.30. The summed E-state index contributed by atoms with van der Waals surface area (Å²) in [5.74, 6) is -1.44. The molecule has 0 unspecified atom stereocenters. The van der Waals surface area contributed by atoms with Crippen LogP contribution in [0.1, 0.15) is 47.9 Å². The molecule has 1 aromatic carbocycles. The van der Waals surface area contributed by atoms with E-state index in [1.807, 2.05) is 0 Å². The molecule has 0 bridgehead atoms. The van der Waals surface area contributed by atoms with Gasteiger partial charge in [0.1, 0.15) is 0 Å². The molecule has 0 radical (unpaired) electrons. The van der Waals surface area contributed by atoms with Crippen LogP contribution in [0.15, 0.2) is 35.4 Å². The quantitative estimate of drug-likeness (QED) is 0.918. The van der Waals surface area contributed by atoms with E-state index in [2.05, 4.69) is 0 Å². The topological polar surface area (TPSA) is 71.4 Å². The molecule has 4 nitrogen and oxygen atoms in total. The van der Waals surface area contributed by atoms with E-state index < -0.39 is 11.4 Å². The summed E-state index contributed by atoms with van der Waals surface area (Å²) in [6.45, 7) is 4.95. The largest absolute Gasteiger partial charge is 0.481 e. The van der Waals surface area contributed by atoms with Crippen molar-refractivity contribution in [3.8, 4) is 0 Å². The standard InChI is InChI=1S/C16H16O4/c1-9-13(16(2,3)8-12(17)18)15(20)11-7-5-4-6-10(11)14(9)19/h4-7H,8H2,1-3H3,(H,17,18). The van der Waals surface area contributed by atoms with Crippen molar-refractivity contribution in [2.45, 2.75) is 27.2 Å². The van der Waals surface area contributed by atoms with Crippen molar-refractivity contribution >= 4 is 17.5 Å². The maximum Gasteiger partial charge on any atom is 0.304 e. The molecule has 0 aliphatic heterocycles. The van der Waals surface area contributed by atoms with Crippen LogP contribution in [-0.4, -0.2) is 22.6 Å². The minimum atomic E-state index is -0.991. The Labute approximate surface area is 117 Å². The number of Topliss-reactive ketones (excluding diaryl/α,β-unsaturated/α-hetero) is 2. The van der Waals surface area contributed by atoms with Crippen LogP contribution in [0.4, 0.5) is 0 Å². The number of hydrogen-bond donors (Lipinski definition) is 1. The summed E-state index contributed by atoms with van der Waals surface area (Å²) in [7, 11) is 0. The SMILES string of the molecule is CC1=C(C(C)(C)CC(=O)O)C(=O)c2ccccc2C1=O. The molecule has 1 aliphatic carbocycles. The van der Waals surface area contributed by atoms with Crippen molar-refractivity contribution in [3.63, 3.8) is 0 Å². The van der Waals surface area contributed by atoms with Crippen LogP contribution < -0.4 is 0 Å². The summed E-state index contributed by atoms with van der Waals surface area (Å²) in [6, 6.07) is 6.65. The van der Waals surface area contributed by atoms with Crippen LogP contribution in [0.3, 0.4) is 0 Å². The third-order valence-electron chi connectivity index (χ3n) is 3.63. The number of carbonyl (C=O) groups excluding carboxylic acids is 2. The van der Waals surface area contributed by atoms with Crippen molar-refractivity contribution in [2.24, 2.45) is 5.41 Å². The molecule has 0 heterocycles. The van der Waals surface area contributed by atoms with Gasteiger partial charge in [-0.05, 0) is 6.92 Å². The molecule has 1 aliphatic rings. The fourth-order valence-electron chi connectivity index (χ4n) is 2.78. The number of allylic oxidation sites excluding steroid dienone is 2. The van der Waals surface area contributed by atoms with Gasteiger partial charge in [-0.25, -0.2) is 0 Å². The number of carbonyl (C=O) groups is 3. The minimum absolute atomic E-state index is 0.194. The third kappa shape index (κ3) is 2.18. The van der Waals surface area contributed by atoms with E-state index >= 15 is 0 Å². The average molecular weight is 272 g/mol. The van der Waals surface area contributed by atoms with E-state index in [9.17, 15) is 14.4 Å². The van der Waals surface area contributed by atoms with Gasteiger partial charge >= 0.3 is 5.97 Å². The van der Waals surface area contributed by atoms with Crippen molar-refractivity contribution < 1.29 is 19.5 Å². The Morgan fingerprint density at radius 3 is 2.10 bits per heavy atom. The number of aliphatic carboxylic acids is 1. The number of benzene rings is 1. The molecule has 104 valence electrons. The molecule has 20 heavy (non-hydrogen) atoms. The Hall–Kier alpha value is -2.23. The maximum atomic E-state index is 12.6. The Morgan fingerprint density at radius 1 is 1.10 bits per heavy atom. The second-order valence-corrected chi connectivity index (χ2v) is 5.66. The van der Waals surface area contributed by atoms with Gasteiger partial charge in [0.15, 0.2) is 11.6 Å². The molecule has 0 amide bonds. The third-order valence-corrected chi connectivity index (χ3v) is 3.63. The molecule has 0 spiro atoms. The zero-order valence-corrected chi connectivity index (χ0v) is 11.7. The summed E-state index contributed by atoms with van der Waals surface area (Å²) < 4.78 is 0. The second kappa shape index (κ2) is 4.71. The van der Waals surface area contributed by atoms with Gasteiger partial charge in [-0.15, -0.1) is 0 Å². The Balaban J connectivity index is 2.60. The van der Waals surface area contributed by atoms with E-state index in [4.69, 9.17) is 5.11 Å². The van der Waals surface area contributed by atoms with Crippen LogP contribution in [0.5, 0.6) is 0 Å². The number of hydrogen-bond acceptors (Lipinski definition) is 3. The summed E-state index contributed by atoms with van der Waals surface area (Å²) in [4.78, 5) is 35.9. The predicted octanol–water partition coefficient (Wildman–Crippen LogP) is 2.88. The first-order chi connectivity index (χ1) is 9.25. The van der Waals surface area contributed by atoms with Gasteiger partial charge in [0, 0.05) is 27.7 Å². The van der Waals surface area contributed by atoms with Gasteiger partial charge < -0.3 is 5.11 Å². The molecule has 0 saturated carbocycles. The van der Waals surface area contributed by atoms with Crippen molar-refractivity contribution in [1.82, 2.24) is 0 Å². The molecule has 0 fully saturated rings. The first-order valence-electron chi connectivity index (χ1n) is 6.37. The maximum absolute atomic E-state index is 12.6. The van der Waals surface area contributed by atoms with Gasteiger partial charge in [0.25, 0.3) is 0 Å². The highest BCUT2D eigenvalue weighted by atomic mass is 16.4. The number of ketones is 2. The van der Waals surface area contributed by atoms with E-state index in [0.29, 0.717) is 22.3 Å². The summed E-state index contributed by atoms with van der Waals surface area (Å²) >= 11 is 0. The summed E-state index contributed by atoms with van der Waals surface area (Å²) in [5, 5.41) is 8.99. The Kier molecular flexibility index (Phi) is 3.34. The highest BCUT2D eigenvalue weighted by molar-refractivity contribution is 6.27. The normalized spacial score (nSPS) is 15.3. The number of carboxylic acids is 1.